The van der Waals surface area contributed by atoms with Gasteiger partial charge in [-0.05, 0) is 114 Å². The van der Waals surface area contributed by atoms with E-state index in [1.807, 2.05) is 77.7 Å². The average Bonchev–Trinajstić information content (AvgIpc) is 3.66. The molecular formula is C59H41N. The summed E-state index contributed by atoms with van der Waals surface area (Å²) in [6.07, 6.45) is 0. The number of benzene rings is 10. The molecule has 11 rings (SSSR count). The highest BCUT2D eigenvalue weighted by molar-refractivity contribution is 5.93. The summed E-state index contributed by atoms with van der Waals surface area (Å²) >= 11 is 0. The van der Waals surface area contributed by atoms with E-state index >= 15 is 0 Å². The number of hydrogen-bond acceptors (Lipinski definition) is 1. The van der Waals surface area contributed by atoms with Crippen LogP contribution in [0.1, 0.15) is 27.7 Å². The van der Waals surface area contributed by atoms with Crippen molar-refractivity contribution in [3.05, 3.63) is 271 Å². The van der Waals surface area contributed by atoms with Gasteiger partial charge in [-0.25, -0.2) is 0 Å². The van der Waals surface area contributed by atoms with Gasteiger partial charge in [0.15, 0.2) is 0 Å². The van der Waals surface area contributed by atoms with Crippen molar-refractivity contribution in [3.8, 4) is 44.5 Å². The summed E-state index contributed by atoms with van der Waals surface area (Å²) in [6, 6.07) is 76.4. The van der Waals surface area contributed by atoms with Crippen molar-refractivity contribution in [2.45, 2.75) is 5.41 Å². The van der Waals surface area contributed by atoms with E-state index in [0.29, 0.717) is 5.56 Å². The third kappa shape index (κ3) is 5.94. The molecule has 1 heteroatoms. The van der Waals surface area contributed by atoms with E-state index in [4.69, 9.17) is 0 Å². The minimum atomic E-state index is -0.691. The Morgan fingerprint density at radius 1 is 0.317 bits per heavy atom. The van der Waals surface area contributed by atoms with Gasteiger partial charge in [0.2, 0.25) is 0 Å². The van der Waals surface area contributed by atoms with Crippen LogP contribution in [-0.2, 0) is 5.41 Å². The topological polar surface area (TPSA) is 3.24 Å². The molecule has 60 heavy (non-hydrogen) atoms. The fourth-order valence-electron chi connectivity index (χ4n) is 9.28. The lowest BCUT2D eigenvalue weighted by Crippen LogP contribution is -2.28. The molecule has 0 bridgehead atoms. The second-order valence-electron chi connectivity index (χ2n) is 15.3. The zero-order valence-corrected chi connectivity index (χ0v) is 32.8. The van der Waals surface area contributed by atoms with Gasteiger partial charge in [0.25, 0.3) is 0 Å². The highest BCUT2D eigenvalue weighted by Crippen LogP contribution is 2.57. The third-order valence-electron chi connectivity index (χ3n) is 12.0. The predicted octanol–water partition coefficient (Wildman–Crippen LogP) is 15.7. The van der Waals surface area contributed by atoms with Gasteiger partial charge in [0, 0.05) is 16.9 Å². The molecule has 0 N–H and O–H groups in total. The predicted molar refractivity (Wildman–Crippen MR) is 252 cm³/mol. The van der Waals surface area contributed by atoms with Gasteiger partial charge in [-0.15, -0.1) is 0 Å². The summed E-state index contributed by atoms with van der Waals surface area (Å²) in [7, 11) is 0. The second kappa shape index (κ2) is 14.9. The lowest BCUT2D eigenvalue weighted by molar-refractivity contribution is 0.768. The third-order valence-corrected chi connectivity index (χ3v) is 12.0. The van der Waals surface area contributed by atoms with E-state index in [0.717, 1.165) is 72.2 Å². The first-order valence-corrected chi connectivity index (χ1v) is 20.4. The van der Waals surface area contributed by atoms with Crippen LogP contribution in [0, 0.1) is 0 Å². The van der Waals surface area contributed by atoms with Gasteiger partial charge in [-0.2, -0.15) is 0 Å². The van der Waals surface area contributed by atoms with Crippen molar-refractivity contribution in [2.24, 2.45) is 0 Å². The molecule has 0 radical (unpaired) electrons. The minimum Gasteiger partial charge on any atom is -0.310 e. The Morgan fingerprint density at radius 3 is 1.60 bits per heavy atom. The molecule has 0 saturated carbocycles. The van der Waals surface area contributed by atoms with Crippen LogP contribution in [0.25, 0.3) is 55.3 Å². The SMILES string of the molecule is [2H]c1c([2H])c(N(c2ccc3c(c2)C(c2ccccc2)(c2ccccc2)c2ccccc2-3)c2ccccc2-c2ccccc2)c([2H])c([2H])c1-c1cccc(-c2ccc3ccccc3c2)c1. The molecular weight excluding hydrogens is 723 g/mol. The van der Waals surface area contributed by atoms with Crippen LogP contribution in [0.2, 0.25) is 0 Å². The highest BCUT2D eigenvalue weighted by atomic mass is 15.1. The highest BCUT2D eigenvalue weighted by Gasteiger charge is 2.46. The van der Waals surface area contributed by atoms with Gasteiger partial charge < -0.3 is 4.90 Å². The lowest BCUT2D eigenvalue weighted by atomic mass is 9.67. The van der Waals surface area contributed by atoms with E-state index in [2.05, 4.69) is 152 Å². The number of para-hydroxylation sites is 1. The van der Waals surface area contributed by atoms with Crippen LogP contribution in [0.5, 0.6) is 0 Å². The van der Waals surface area contributed by atoms with Crippen LogP contribution in [0.15, 0.2) is 249 Å². The summed E-state index contributed by atoms with van der Waals surface area (Å²) in [4.78, 5) is 1.95. The van der Waals surface area contributed by atoms with E-state index < -0.39 is 5.41 Å². The largest absolute Gasteiger partial charge is 0.310 e. The maximum absolute atomic E-state index is 9.91. The van der Waals surface area contributed by atoms with Crippen LogP contribution in [-0.4, -0.2) is 0 Å². The average molecular weight is 768 g/mol. The van der Waals surface area contributed by atoms with Gasteiger partial charge in [0.05, 0.1) is 16.6 Å². The summed E-state index contributed by atoms with van der Waals surface area (Å²) in [5.74, 6) is 0. The number of hydrogen-bond donors (Lipinski definition) is 0. The van der Waals surface area contributed by atoms with Crippen molar-refractivity contribution in [2.75, 3.05) is 4.90 Å². The summed E-state index contributed by atoms with van der Waals surface area (Å²) in [5.41, 5.74) is 12.4. The quantitative estimate of drug-likeness (QED) is 0.149. The van der Waals surface area contributed by atoms with Crippen molar-refractivity contribution < 1.29 is 5.48 Å². The van der Waals surface area contributed by atoms with E-state index in [-0.39, 0.29) is 35.4 Å². The van der Waals surface area contributed by atoms with Crippen molar-refractivity contribution in [1.82, 2.24) is 0 Å². The first-order valence-electron chi connectivity index (χ1n) is 22.4. The van der Waals surface area contributed by atoms with Crippen LogP contribution in [0.3, 0.4) is 0 Å². The number of fused-ring (bicyclic) bond motifs is 4. The molecule has 0 heterocycles. The molecule has 0 aromatic heterocycles. The standard InChI is InChI=1S/C59H41N/c1-4-18-44(19-5-1)53-27-13-15-30-58(53)60(51-35-33-43(34-36-51)46-21-16-22-47(39-46)48-32-31-42-17-10-11-20-45(42)40-48)52-37-38-55-54-28-12-14-29-56(54)59(57(55)41-52,49-23-6-2-7-24-49)50-25-8-3-9-26-50/h1-41H/i33D,34D,35D,36D. The first-order chi connectivity index (χ1) is 31.4. The Morgan fingerprint density at radius 2 is 0.867 bits per heavy atom. The van der Waals surface area contributed by atoms with Crippen LogP contribution >= 0.6 is 0 Å². The Bertz CT molecular complexity index is 3320. The molecule has 0 atom stereocenters. The minimum absolute atomic E-state index is 0.106. The molecule has 10 aromatic rings. The second-order valence-corrected chi connectivity index (χ2v) is 15.3. The fraction of sp³-hybridized carbons (Fsp3) is 0.0169. The van der Waals surface area contributed by atoms with Crippen molar-refractivity contribution >= 4 is 27.8 Å². The zero-order chi connectivity index (χ0) is 43.4. The molecule has 0 fully saturated rings. The van der Waals surface area contributed by atoms with Crippen LogP contribution < -0.4 is 4.90 Å². The number of nitrogens with zero attached hydrogens (tertiary/aromatic N) is 1. The maximum atomic E-state index is 9.91. The monoisotopic (exact) mass is 767 g/mol. The van der Waals surface area contributed by atoms with E-state index in [9.17, 15) is 5.48 Å². The Hall–Kier alpha value is -7.74. The number of rotatable bonds is 8. The van der Waals surface area contributed by atoms with Crippen LogP contribution in [0.4, 0.5) is 17.1 Å². The molecule has 0 aliphatic heterocycles. The van der Waals surface area contributed by atoms with E-state index in [1.54, 1.807) is 0 Å². The van der Waals surface area contributed by atoms with Gasteiger partial charge >= 0.3 is 0 Å². The molecule has 282 valence electrons. The van der Waals surface area contributed by atoms with Crippen molar-refractivity contribution in [1.29, 1.82) is 0 Å². The Balaban J connectivity index is 1.15. The summed E-state index contributed by atoms with van der Waals surface area (Å²) in [6.45, 7) is 0. The molecule has 0 unspecified atom stereocenters. The number of anilines is 3. The smallest absolute Gasteiger partial charge is 0.0714 e. The van der Waals surface area contributed by atoms with Gasteiger partial charge in [-0.1, -0.05) is 206 Å². The molecule has 0 amide bonds. The van der Waals surface area contributed by atoms with Gasteiger partial charge in [-0.3, -0.25) is 0 Å². The van der Waals surface area contributed by atoms with Gasteiger partial charge in [0.1, 0.15) is 0 Å². The molecule has 1 aliphatic rings. The Kier molecular flexibility index (Phi) is 7.76. The summed E-state index contributed by atoms with van der Waals surface area (Å²) < 4.78 is 39.2. The molecule has 1 nitrogen and oxygen atoms in total. The molecule has 1 aliphatic carbocycles. The van der Waals surface area contributed by atoms with E-state index in [1.165, 1.54) is 5.56 Å². The molecule has 0 saturated heterocycles. The molecule has 0 spiro atoms. The zero-order valence-electron chi connectivity index (χ0n) is 36.8. The summed E-state index contributed by atoms with van der Waals surface area (Å²) in [5, 5.41) is 2.27. The maximum Gasteiger partial charge on any atom is 0.0714 e. The normalized spacial score (nSPS) is 13.4. The van der Waals surface area contributed by atoms with Crippen molar-refractivity contribution in [3.63, 3.8) is 0 Å². The Labute approximate surface area is 357 Å². The molecule has 10 aromatic carbocycles. The first kappa shape index (κ1) is 31.3. The fourth-order valence-corrected chi connectivity index (χ4v) is 9.28. The lowest BCUT2D eigenvalue weighted by Gasteiger charge is -2.35.